The van der Waals surface area contributed by atoms with Crippen LogP contribution in [-0.2, 0) is 14.3 Å². The maximum absolute atomic E-state index is 12.8. The Morgan fingerprint density at radius 3 is 3.00 bits per heavy atom. The molecule has 1 aliphatic heterocycles. The highest BCUT2D eigenvalue weighted by molar-refractivity contribution is 6.04. The van der Waals surface area contributed by atoms with E-state index < -0.39 is 24.0 Å². The number of benzene rings is 2. The van der Waals surface area contributed by atoms with Crippen LogP contribution in [0.2, 0.25) is 0 Å². The lowest BCUT2D eigenvalue weighted by atomic mass is 10.1. The van der Waals surface area contributed by atoms with Gasteiger partial charge >= 0.3 is 0 Å². The molecular formula is C20H17N5O5. The fourth-order valence-electron chi connectivity index (χ4n) is 3.22. The van der Waals surface area contributed by atoms with Gasteiger partial charge in [-0.25, -0.2) is 0 Å². The number of hydrogen-bond donors (Lipinski definition) is 3. The van der Waals surface area contributed by atoms with Crippen molar-refractivity contribution in [3.63, 3.8) is 0 Å². The van der Waals surface area contributed by atoms with E-state index in [1.807, 2.05) is 6.07 Å². The van der Waals surface area contributed by atoms with Gasteiger partial charge in [0.05, 0.1) is 23.6 Å². The summed E-state index contributed by atoms with van der Waals surface area (Å²) in [5, 5.41) is 26.3. The summed E-state index contributed by atoms with van der Waals surface area (Å²) in [6, 6.07) is 13.2. The topological polar surface area (TPSA) is 155 Å². The Kier molecular flexibility index (Phi) is 5.05. The second kappa shape index (κ2) is 7.82. The van der Waals surface area contributed by atoms with Gasteiger partial charge in [-0.05, 0) is 30.3 Å². The number of nitrogens with zero attached hydrogens (tertiary/aromatic N) is 3. The number of nitrogens with two attached hydrogens (primary N) is 1. The highest BCUT2D eigenvalue weighted by Crippen LogP contribution is 2.25. The molecule has 0 bridgehead atoms. The molecule has 2 atom stereocenters. The number of fused-ring (bicyclic) bond motifs is 1. The molecule has 4 rings (SSSR count). The number of ether oxygens (including phenoxy) is 1. The number of rotatable bonds is 4. The van der Waals surface area contributed by atoms with Gasteiger partial charge in [-0.3, -0.25) is 9.59 Å². The van der Waals surface area contributed by atoms with Crippen LogP contribution in [0.25, 0.3) is 11.0 Å². The Morgan fingerprint density at radius 1 is 1.37 bits per heavy atom. The van der Waals surface area contributed by atoms with Gasteiger partial charge in [0, 0.05) is 24.0 Å². The molecule has 30 heavy (non-hydrogen) atoms. The number of aliphatic hydroxyl groups excluding tert-OH is 1. The largest absolute Gasteiger partial charge is 0.380 e. The fraction of sp³-hybridized carbons (Fsp3) is 0.200. The third-order valence-electron chi connectivity index (χ3n) is 4.73. The first-order valence-corrected chi connectivity index (χ1v) is 9.05. The van der Waals surface area contributed by atoms with Gasteiger partial charge in [-0.2, -0.15) is 5.26 Å². The Labute approximate surface area is 170 Å². The number of nitrogen functional groups attached to an aromatic ring is 1. The summed E-state index contributed by atoms with van der Waals surface area (Å²) in [6.45, 7) is 0.364. The minimum Gasteiger partial charge on any atom is -0.380 e. The first kappa shape index (κ1) is 19.4. The molecule has 0 aliphatic carbocycles. The smallest absolute Gasteiger partial charge is 0.259 e. The van der Waals surface area contributed by atoms with Crippen molar-refractivity contribution in [2.75, 3.05) is 29.1 Å². The van der Waals surface area contributed by atoms with E-state index in [2.05, 4.69) is 10.5 Å². The molecule has 0 spiro atoms. The molecule has 10 heteroatoms. The van der Waals surface area contributed by atoms with Crippen LogP contribution in [0, 0.1) is 11.3 Å². The molecule has 2 heterocycles. The zero-order valence-electron chi connectivity index (χ0n) is 15.6. The number of morpholine rings is 1. The average Bonchev–Trinajstić information content (AvgIpc) is 3.13. The maximum atomic E-state index is 12.8. The number of carbonyl (C=O) groups excluding carboxylic acids is 2. The van der Waals surface area contributed by atoms with Gasteiger partial charge in [0.25, 0.3) is 11.8 Å². The van der Waals surface area contributed by atoms with Crippen molar-refractivity contribution >= 4 is 40.0 Å². The molecule has 0 radical (unpaired) electrons. The number of anilines is 3. The van der Waals surface area contributed by atoms with E-state index in [4.69, 9.17) is 20.3 Å². The van der Waals surface area contributed by atoms with E-state index >= 15 is 0 Å². The zero-order valence-corrected chi connectivity index (χ0v) is 15.6. The Hall–Kier alpha value is -3.94. The third kappa shape index (κ3) is 3.55. The molecule has 3 aromatic rings. The van der Waals surface area contributed by atoms with Crippen molar-refractivity contribution in [3.8, 4) is 6.07 Å². The number of hydrogen-bond acceptors (Lipinski definition) is 8. The maximum Gasteiger partial charge on any atom is 0.259 e. The van der Waals surface area contributed by atoms with Crippen LogP contribution < -0.4 is 16.0 Å². The summed E-state index contributed by atoms with van der Waals surface area (Å²) in [4.78, 5) is 26.7. The number of aliphatic hydroxyl groups is 1. The van der Waals surface area contributed by atoms with Crippen LogP contribution in [0.3, 0.4) is 0 Å². The summed E-state index contributed by atoms with van der Waals surface area (Å²) in [5.74, 6) is -1.16. The summed E-state index contributed by atoms with van der Waals surface area (Å²) in [5.41, 5.74) is 7.25. The van der Waals surface area contributed by atoms with Crippen molar-refractivity contribution in [1.29, 1.82) is 5.26 Å². The highest BCUT2D eigenvalue weighted by Gasteiger charge is 2.39. The molecule has 10 nitrogen and oxygen atoms in total. The van der Waals surface area contributed by atoms with E-state index in [0.29, 0.717) is 27.9 Å². The number of nitriles is 1. The highest BCUT2D eigenvalue weighted by atomic mass is 16.5. The number of nitrogens with one attached hydrogen (secondary N) is 1. The van der Waals surface area contributed by atoms with Gasteiger partial charge in [0.2, 0.25) is 0 Å². The van der Waals surface area contributed by atoms with Crippen LogP contribution in [-0.4, -0.2) is 47.4 Å². The molecule has 1 fully saturated rings. The lowest BCUT2D eigenvalue weighted by molar-refractivity contribution is -0.150. The van der Waals surface area contributed by atoms with Gasteiger partial charge in [-0.1, -0.05) is 11.2 Å². The first-order valence-electron chi connectivity index (χ1n) is 9.05. The lowest BCUT2D eigenvalue weighted by Crippen LogP contribution is -2.55. The standard InChI is InChI=1S/C20H17N5O5/c21-10-11-2-1-3-13(8-11)25-6-7-29-17(20(25)28)16(26)19(27)23-12-4-5-14-15(9-12)30-24-18(14)22/h1-5,8-9,16-17,26H,6-7H2,(H2,22,24)(H,23,27). The van der Waals surface area contributed by atoms with E-state index in [9.17, 15) is 14.7 Å². The minimum absolute atomic E-state index is 0.126. The van der Waals surface area contributed by atoms with E-state index in [1.54, 1.807) is 36.4 Å². The quantitative estimate of drug-likeness (QED) is 0.579. The number of carbonyl (C=O) groups is 2. The number of amides is 2. The second-order valence-electron chi connectivity index (χ2n) is 6.66. The van der Waals surface area contributed by atoms with Crippen molar-refractivity contribution in [2.45, 2.75) is 12.2 Å². The fourth-order valence-corrected chi connectivity index (χ4v) is 3.22. The Balaban J connectivity index is 1.49. The molecule has 2 unspecified atom stereocenters. The van der Waals surface area contributed by atoms with Crippen LogP contribution in [0.15, 0.2) is 47.0 Å². The summed E-state index contributed by atoms with van der Waals surface area (Å²) < 4.78 is 10.4. The summed E-state index contributed by atoms with van der Waals surface area (Å²) in [6.07, 6.45) is -3.12. The van der Waals surface area contributed by atoms with Crippen molar-refractivity contribution < 1.29 is 24.0 Å². The molecule has 4 N–H and O–H groups in total. The molecule has 1 saturated heterocycles. The monoisotopic (exact) mass is 407 g/mol. The van der Waals surface area contributed by atoms with Crippen LogP contribution in [0.1, 0.15) is 5.56 Å². The minimum atomic E-state index is -1.74. The van der Waals surface area contributed by atoms with E-state index in [1.165, 1.54) is 11.0 Å². The van der Waals surface area contributed by atoms with E-state index in [-0.39, 0.29) is 19.0 Å². The van der Waals surface area contributed by atoms with Gasteiger partial charge in [0.15, 0.2) is 23.6 Å². The van der Waals surface area contributed by atoms with Gasteiger partial charge in [0.1, 0.15) is 0 Å². The van der Waals surface area contributed by atoms with Crippen LogP contribution in [0.4, 0.5) is 17.2 Å². The van der Waals surface area contributed by atoms with Crippen molar-refractivity contribution in [2.24, 2.45) is 0 Å². The lowest BCUT2D eigenvalue weighted by Gasteiger charge is -2.34. The predicted octanol–water partition coefficient (Wildman–Crippen LogP) is 1.01. The Bertz CT molecular complexity index is 1170. The molecule has 152 valence electrons. The second-order valence-corrected chi connectivity index (χ2v) is 6.66. The zero-order chi connectivity index (χ0) is 21.3. The SMILES string of the molecule is N#Cc1cccc(N2CCOC(C(O)C(=O)Nc3ccc4c(N)noc4c3)C2=O)c1. The molecule has 2 amide bonds. The van der Waals surface area contributed by atoms with Crippen LogP contribution >= 0.6 is 0 Å². The normalized spacial score (nSPS) is 17.5. The summed E-state index contributed by atoms with van der Waals surface area (Å²) in [7, 11) is 0. The molecule has 1 aromatic heterocycles. The third-order valence-corrected chi connectivity index (χ3v) is 4.73. The molecule has 0 saturated carbocycles. The van der Waals surface area contributed by atoms with Crippen molar-refractivity contribution in [1.82, 2.24) is 5.16 Å². The Morgan fingerprint density at radius 2 is 2.20 bits per heavy atom. The van der Waals surface area contributed by atoms with Crippen LogP contribution in [0.5, 0.6) is 0 Å². The van der Waals surface area contributed by atoms with Gasteiger partial charge < -0.3 is 30.3 Å². The number of aromatic nitrogens is 1. The van der Waals surface area contributed by atoms with Gasteiger partial charge in [-0.15, -0.1) is 0 Å². The summed E-state index contributed by atoms with van der Waals surface area (Å²) >= 11 is 0. The predicted molar refractivity (Wildman–Crippen MR) is 106 cm³/mol. The molecular weight excluding hydrogens is 390 g/mol. The van der Waals surface area contributed by atoms with Crippen molar-refractivity contribution in [3.05, 3.63) is 48.0 Å². The average molecular weight is 407 g/mol. The first-order chi connectivity index (χ1) is 14.5. The van der Waals surface area contributed by atoms with E-state index in [0.717, 1.165) is 0 Å². The molecule has 2 aromatic carbocycles. The molecule has 1 aliphatic rings.